The van der Waals surface area contributed by atoms with Crippen molar-refractivity contribution in [2.24, 2.45) is 0 Å². The first kappa shape index (κ1) is 10.1. The number of nitrogens with two attached hydrogens (primary N) is 1. The number of nitriles is 1. The van der Waals surface area contributed by atoms with E-state index in [-0.39, 0.29) is 17.3 Å². The molecule has 5 heteroatoms. The summed E-state index contributed by atoms with van der Waals surface area (Å²) in [5.74, 6) is -0.313. The topological polar surface area (TPSA) is 75.6 Å². The second-order valence-corrected chi connectivity index (χ2v) is 3.11. The number of anilines is 1. The van der Waals surface area contributed by atoms with E-state index in [1.165, 1.54) is 18.3 Å². The van der Waals surface area contributed by atoms with E-state index < -0.39 is 0 Å². The second-order valence-electron chi connectivity index (χ2n) is 3.11. The molecule has 0 fully saturated rings. The SMILES string of the molecule is N#Cc1ncc(-c2cccc(F)c2)nc1N. The predicted octanol–water partition coefficient (Wildman–Crippen LogP) is 1.74. The molecule has 0 aliphatic carbocycles. The third-order valence-electron chi connectivity index (χ3n) is 2.03. The van der Waals surface area contributed by atoms with Crippen LogP contribution in [-0.4, -0.2) is 9.97 Å². The van der Waals surface area contributed by atoms with E-state index in [1.807, 2.05) is 6.07 Å². The minimum absolute atomic E-state index is 0.0456. The van der Waals surface area contributed by atoms with Crippen molar-refractivity contribution >= 4 is 5.82 Å². The first-order chi connectivity index (χ1) is 7.70. The molecule has 2 rings (SSSR count). The molecule has 4 nitrogen and oxygen atoms in total. The van der Waals surface area contributed by atoms with Crippen molar-refractivity contribution in [3.63, 3.8) is 0 Å². The lowest BCUT2D eigenvalue weighted by Gasteiger charge is -2.02. The minimum Gasteiger partial charge on any atom is -0.381 e. The lowest BCUT2D eigenvalue weighted by Crippen LogP contribution is -1.99. The quantitative estimate of drug-likeness (QED) is 0.784. The van der Waals surface area contributed by atoms with Crippen LogP contribution in [0.5, 0.6) is 0 Å². The van der Waals surface area contributed by atoms with Crippen LogP contribution in [0.4, 0.5) is 10.2 Å². The van der Waals surface area contributed by atoms with Gasteiger partial charge in [0.1, 0.15) is 11.9 Å². The van der Waals surface area contributed by atoms with Crippen LogP contribution in [0.25, 0.3) is 11.3 Å². The molecular weight excluding hydrogens is 207 g/mol. The fourth-order valence-corrected chi connectivity index (χ4v) is 1.28. The highest BCUT2D eigenvalue weighted by molar-refractivity contribution is 5.61. The third kappa shape index (κ3) is 1.81. The van der Waals surface area contributed by atoms with E-state index in [0.717, 1.165) is 0 Å². The van der Waals surface area contributed by atoms with Crippen molar-refractivity contribution in [2.45, 2.75) is 0 Å². The number of hydrogen-bond donors (Lipinski definition) is 1. The molecule has 1 aromatic heterocycles. The molecule has 0 spiro atoms. The van der Waals surface area contributed by atoms with Crippen molar-refractivity contribution in [1.29, 1.82) is 5.26 Å². The Balaban J connectivity index is 2.50. The Bertz CT molecular complexity index is 574. The van der Waals surface area contributed by atoms with Crippen LogP contribution in [0.2, 0.25) is 0 Å². The lowest BCUT2D eigenvalue weighted by molar-refractivity contribution is 0.628. The van der Waals surface area contributed by atoms with Gasteiger partial charge >= 0.3 is 0 Å². The van der Waals surface area contributed by atoms with Gasteiger partial charge in [-0.15, -0.1) is 0 Å². The average molecular weight is 214 g/mol. The normalized spacial score (nSPS) is 9.75. The van der Waals surface area contributed by atoms with Crippen molar-refractivity contribution in [2.75, 3.05) is 5.73 Å². The van der Waals surface area contributed by atoms with Gasteiger partial charge in [-0.3, -0.25) is 0 Å². The molecule has 78 valence electrons. The van der Waals surface area contributed by atoms with Crippen molar-refractivity contribution in [1.82, 2.24) is 9.97 Å². The number of halogens is 1. The fourth-order valence-electron chi connectivity index (χ4n) is 1.28. The fraction of sp³-hybridized carbons (Fsp3) is 0. The monoisotopic (exact) mass is 214 g/mol. The molecule has 0 bridgehead atoms. The molecular formula is C11H7FN4. The largest absolute Gasteiger partial charge is 0.381 e. The van der Waals surface area contributed by atoms with Crippen LogP contribution in [0.1, 0.15) is 5.69 Å². The molecule has 0 amide bonds. The van der Waals surface area contributed by atoms with E-state index in [4.69, 9.17) is 11.0 Å². The highest BCUT2D eigenvalue weighted by Crippen LogP contribution is 2.18. The zero-order chi connectivity index (χ0) is 11.5. The summed E-state index contributed by atoms with van der Waals surface area (Å²) in [6, 6.07) is 7.74. The number of benzene rings is 1. The van der Waals surface area contributed by atoms with Crippen LogP contribution < -0.4 is 5.73 Å². The molecule has 0 unspecified atom stereocenters. The highest BCUT2D eigenvalue weighted by atomic mass is 19.1. The summed E-state index contributed by atoms with van der Waals surface area (Å²) in [6.07, 6.45) is 1.39. The van der Waals surface area contributed by atoms with E-state index in [9.17, 15) is 4.39 Å². The van der Waals surface area contributed by atoms with Gasteiger partial charge in [-0.25, -0.2) is 14.4 Å². The van der Waals surface area contributed by atoms with Gasteiger partial charge in [0, 0.05) is 5.56 Å². The molecule has 0 aliphatic rings. The molecule has 2 aromatic rings. The van der Waals surface area contributed by atoms with Gasteiger partial charge in [0.15, 0.2) is 11.5 Å². The van der Waals surface area contributed by atoms with Crippen molar-refractivity contribution in [3.05, 3.63) is 42.0 Å². The van der Waals surface area contributed by atoms with E-state index in [2.05, 4.69) is 9.97 Å². The Hall–Kier alpha value is -2.48. The van der Waals surface area contributed by atoms with Gasteiger partial charge < -0.3 is 5.73 Å². The summed E-state index contributed by atoms with van der Waals surface area (Å²) in [4.78, 5) is 7.81. The van der Waals surface area contributed by atoms with Gasteiger partial charge in [0.2, 0.25) is 0 Å². The first-order valence-electron chi connectivity index (χ1n) is 4.49. The number of aromatic nitrogens is 2. The van der Waals surface area contributed by atoms with Crippen LogP contribution in [0, 0.1) is 17.1 Å². The Labute approximate surface area is 91.2 Å². The summed E-state index contributed by atoms with van der Waals surface area (Å²) in [6.45, 7) is 0. The van der Waals surface area contributed by atoms with Gasteiger partial charge in [-0.1, -0.05) is 12.1 Å². The first-order valence-corrected chi connectivity index (χ1v) is 4.49. The Kier molecular flexibility index (Phi) is 2.48. The molecule has 16 heavy (non-hydrogen) atoms. The molecule has 0 radical (unpaired) electrons. The molecule has 2 N–H and O–H groups in total. The summed E-state index contributed by atoms with van der Waals surface area (Å²) < 4.78 is 13.0. The zero-order valence-electron chi connectivity index (χ0n) is 8.18. The molecule has 0 aliphatic heterocycles. The lowest BCUT2D eigenvalue weighted by atomic mass is 10.1. The average Bonchev–Trinajstić information content (AvgIpc) is 2.29. The molecule has 0 atom stereocenters. The molecule has 1 aromatic carbocycles. The molecule has 0 saturated carbocycles. The number of nitrogens with zero attached hydrogens (tertiary/aromatic N) is 3. The smallest absolute Gasteiger partial charge is 0.182 e. The number of nitrogen functional groups attached to an aromatic ring is 1. The van der Waals surface area contributed by atoms with E-state index in [1.54, 1.807) is 12.1 Å². The summed E-state index contributed by atoms with van der Waals surface area (Å²) >= 11 is 0. The van der Waals surface area contributed by atoms with Crippen molar-refractivity contribution in [3.8, 4) is 17.3 Å². The van der Waals surface area contributed by atoms with Crippen molar-refractivity contribution < 1.29 is 4.39 Å². The maximum Gasteiger partial charge on any atom is 0.182 e. The van der Waals surface area contributed by atoms with Gasteiger partial charge in [0.25, 0.3) is 0 Å². The van der Waals surface area contributed by atoms with Gasteiger partial charge in [0.05, 0.1) is 11.9 Å². The summed E-state index contributed by atoms with van der Waals surface area (Å²) in [7, 11) is 0. The summed E-state index contributed by atoms with van der Waals surface area (Å²) in [5, 5.41) is 8.63. The summed E-state index contributed by atoms with van der Waals surface area (Å²) in [5.41, 5.74) is 6.60. The maximum atomic E-state index is 13.0. The second kappa shape index (κ2) is 3.95. The highest BCUT2D eigenvalue weighted by Gasteiger charge is 2.05. The zero-order valence-corrected chi connectivity index (χ0v) is 8.18. The number of hydrogen-bond acceptors (Lipinski definition) is 4. The van der Waals surface area contributed by atoms with Gasteiger partial charge in [-0.2, -0.15) is 5.26 Å². The minimum atomic E-state index is -0.359. The maximum absolute atomic E-state index is 13.0. The number of rotatable bonds is 1. The standard InChI is InChI=1S/C11H7FN4/c12-8-3-1-2-7(4-8)10-6-15-9(5-13)11(14)16-10/h1-4,6H,(H2,14,16). The Morgan fingerprint density at radius 3 is 2.81 bits per heavy atom. The van der Waals surface area contributed by atoms with Gasteiger partial charge in [-0.05, 0) is 12.1 Å². The Morgan fingerprint density at radius 2 is 2.19 bits per heavy atom. The third-order valence-corrected chi connectivity index (χ3v) is 2.03. The van der Waals surface area contributed by atoms with Crippen LogP contribution in [-0.2, 0) is 0 Å². The van der Waals surface area contributed by atoms with Crippen LogP contribution in [0.3, 0.4) is 0 Å². The predicted molar refractivity (Wildman–Crippen MR) is 56.6 cm³/mol. The van der Waals surface area contributed by atoms with E-state index >= 15 is 0 Å². The molecule has 0 saturated heterocycles. The van der Waals surface area contributed by atoms with E-state index in [0.29, 0.717) is 11.3 Å². The molecule has 1 heterocycles. The van der Waals surface area contributed by atoms with Crippen LogP contribution in [0.15, 0.2) is 30.5 Å². The Morgan fingerprint density at radius 1 is 1.38 bits per heavy atom. The van der Waals surface area contributed by atoms with Crippen LogP contribution >= 0.6 is 0 Å².